The van der Waals surface area contributed by atoms with Crippen LogP contribution in [0.1, 0.15) is 18.3 Å². The van der Waals surface area contributed by atoms with Gasteiger partial charge in [-0.05, 0) is 48.2 Å². The Hall–Kier alpha value is -5.87. The van der Waals surface area contributed by atoms with E-state index < -0.39 is 0 Å². The van der Waals surface area contributed by atoms with Gasteiger partial charge in [0.25, 0.3) is 0 Å². The van der Waals surface area contributed by atoms with E-state index in [1.807, 2.05) is 0 Å². The number of aromatic nitrogens is 2. The van der Waals surface area contributed by atoms with E-state index in [9.17, 15) is 0 Å². The van der Waals surface area contributed by atoms with Gasteiger partial charge in [-0.3, -0.25) is 0 Å². The van der Waals surface area contributed by atoms with Gasteiger partial charge in [-0.1, -0.05) is 115 Å². The van der Waals surface area contributed by atoms with Gasteiger partial charge < -0.3 is 14.5 Å². The van der Waals surface area contributed by atoms with Crippen molar-refractivity contribution >= 4 is 65.8 Å². The lowest BCUT2D eigenvalue weighted by atomic mass is 9.89. The molecule has 218 valence electrons. The van der Waals surface area contributed by atoms with Gasteiger partial charge in [0.2, 0.25) is 6.29 Å². The van der Waals surface area contributed by atoms with E-state index in [-0.39, 0.29) is 12.2 Å². The topological polar surface area (TPSA) is 34.2 Å². The summed E-state index contributed by atoms with van der Waals surface area (Å²) in [6.45, 7) is 0. The second-order valence-corrected chi connectivity index (χ2v) is 12.3. The van der Waals surface area contributed by atoms with E-state index in [1.54, 1.807) is 0 Å². The van der Waals surface area contributed by atoms with Crippen molar-refractivity contribution in [2.24, 2.45) is 10.9 Å². The van der Waals surface area contributed by atoms with Gasteiger partial charge in [-0.25, -0.2) is 4.99 Å². The normalized spacial score (nSPS) is 17.6. The maximum Gasteiger partial charge on any atom is 0.201 e. The van der Waals surface area contributed by atoms with Crippen LogP contribution in [0.2, 0.25) is 0 Å². The average Bonchev–Trinajstić information content (AvgIpc) is 3.65. The fourth-order valence-corrected chi connectivity index (χ4v) is 7.88. The SMILES string of the molecule is C1=CCC(C2=NC(n3c4ccccc4c4ccc5c(ccc6c5c5ccccc5n6-c5ccccc5)c43)Nc3ccccc32)C=C1. The largest absolute Gasteiger partial charge is 0.346 e. The second-order valence-electron chi connectivity index (χ2n) is 12.3. The molecule has 4 heteroatoms. The molecule has 10 rings (SSSR count). The molecule has 2 aliphatic rings. The van der Waals surface area contributed by atoms with Gasteiger partial charge in [0.05, 0.1) is 27.8 Å². The predicted molar refractivity (Wildman–Crippen MR) is 193 cm³/mol. The smallest absolute Gasteiger partial charge is 0.201 e. The summed E-state index contributed by atoms with van der Waals surface area (Å²) in [5.41, 5.74) is 9.42. The van der Waals surface area contributed by atoms with Crippen molar-refractivity contribution in [3.05, 3.63) is 157 Å². The summed E-state index contributed by atoms with van der Waals surface area (Å²) in [4.78, 5) is 5.53. The molecule has 3 heterocycles. The Balaban J connectivity index is 1.30. The molecule has 8 aromatic rings. The highest BCUT2D eigenvalue weighted by atomic mass is 15.3. The molecular weight excluding hydrogens is 560 g/mol. The Bertz CT molecular complexity index is 2600. The summed E-state index contributed by atoms with van der Waals surface area (Å²) in [5.74, 6) is 0.240. The standard InChI is InChI=1S/C42H30N4/c1-3-13-27(14-4-1)40-33-18-7-10-20-35(33)43-42(44-40)46-36-21-11-8-17-29(36)31-24-23-30-32(41(31)46)25-26-38-39(30)34-19-9-12-22-37(34)45(38)28-15-5-2-6-16-28/h1-13,15-27,42-43H,14H2. The van der Waals surface area contributed by atoms with Crippen molar-refractivity contribution in [2.45, 2.75) is 12.7 Å². The molecule has 0 saturated carbocycles. The molecule has 0 fully saturated rings. The number of fused-ring (bicyclic) bond motifs is 10. The van der Waals surface area contributed by atoms with E-state index in [0.29, 0.717) is 0 Å². The molecule has 1 N–H and O–H groups in total. The highest BCUT2D eigenvalue weighted by Gasteiger charge is 2.28. The number of hydrogen-bond donors (Lipinski definition) is 1. The molecule has 46 heavy (non-hydrogen) atoms. The number of rotatable bonds is 3. The molecule has 0 spiro atoms. The molecule has 0 saturated heterocycles. The van der Waals surface area contributed by atoms with E-state index in [2.05, 4.69) is 166 Å². The minimum Gasteiger partial charge on any atom is -0.346 e. The summed E-state index contributed by atoms with van der Waals surface area (Å²) >= 11 is 0. The Kier molecular flexibility index (Phi) is 5.43. The summed E-state index contributed by atoms with van der Waals surface area (Å²) in [5, 5.41) is 11.3. The van der Waals surface area contributed by atoms with E-state index >= 15 is 0 Å². The van der Waals surface area contributed by atoms with Crippen LogP contribution in [0, 0.1) is 5.92 Å². The van der Waals surface area contributed by atoms with Gasteiger partial charge in [-0.15, -0.1) is 0 Å². The van der Waals surface area contributed by atoms with Crippen LogP contribution in [0.3, 0.4) is 0 Å². The first kappa shape index (κ1) is 25.5. The molecule has 0 amide bonds. The van der Waals surface area contributed by atoms with Crippen molar-refractivity contribution in [1.29, 1.82) is 0 Å². The third kappa shape index (κ3) is 3.58. The van der Waals surface area contributed by atoms with Crippen LogP contribution in [0.5, 0.6) is 0 Å². The van der Waals surface area contributed by atoms with Crippen LogP contribution in [-0.2, 0) is 0 Å². The summed E-state index contributed by atoms with van der Waals surface area (Å²) < 4.78 is 4.83. The first-order valence-corrected chi connectivity index (χ1v) is 16.0. The third-order valence-corrected chi connectivity index (χ3v) is 9.84. The van der Waals surface area contributed by atoms with Crippen molar-refractivity contribution in [1.82, 2.24) is 9.13 Å². The summed E-state index contributed by atoms with van der Waals surface area (Å²) in [7, 11) is 0. The lowest BCUT2D eigenvalue weighted by Gasteiger charge is -2.30. The Morgan fingerprint density at radius 1 is 0.587 bits per heavy atom. The molecule has 2 atom stereocenters. The fourth-order valence-electron chi connectivity index (χ4n) is 7.88. The molecule has 0 radical (unpaired) electrons. The van der Waals surface area contributed by atoms with E-state index in [0.717, 1.165) is 17.8 Å². The van der Waals surface area contributed by atoms with Crippen LogP contribution < -0.4 is 5.32 Å². The lowest BCUT2D eigenvalue weighted by molar-refractivity contribution is 0.617. The molecule has 2 aromatic heterocycles. The van der Waals surface area contributed by atoms with Crippen molar-refractivity contribution < 1.29 is 0 Å². The third-order valence-electron chi connectivity index (χ3n) is 9.84. The number of para-hydroxylation sites is 4. The molecule has 1 aliphatic heterocycles. The van der Waals surface area contributed by atoms with Crippen LogP contribution in [0.25, 0.3) is 60.1 Å². The maximum absolute atomic E-state index is 5.53. The van der Waals surface area contributed by atoms with Crippen molar-refractivity contribution in [3.8, 4) is 5.69 Å². The number of hydrogen-bond acceptors (Lipinski definition) is 2. The minimum absolute atomic E-state index is 0.240. The first-order valence-electron chi connectivity index (χ1n) is 16.0. The van der Waals surface area contributed by atoms with E-state index in [1.165, 1.54) is 65.6 Å². The number of allylic oxidation sites excluding steroid dienone is 4. The summed E-state index contributed by atoms with van der Waals surface area (Å²) in [6, 6.07) is 46.1. The van der Waals surface area contributed by atoms with E-state index in [4.69, 9.17) is 4.99 Å². The molecule has 1 aliphatic carbocycles. The predicted octanol–water partition coefficient (Wildman–Crippen LogP) is 10.5. The molecule has 6 aromatic carbocycles. The van der Waals surface area contributed by atoms with Crippen molar-refractivity contribution in [3.63, 3.8) is 0 Å². The molecular formula is C42H30N4. The number of nitrogens with zero attached hydrogens (tertiary/aromatic N) is 3. The number of anilines is 1. The monoisotopic (exact) mass is 590 g/mol. The highest BCUT2D eigenvalue weighted by Crippen LogP contribution is 2.43. The molecule has 0 bridgehead atoms. The summed E-state index contributed by atoms with van der Waals surface area (Å²) in [6.07, 6.45) is 9.49. The zero-order valence-electron chi connectivity index (χ0n) is 25.1. The Labute approximate surface area is 266 Å². The van der Waals surface area contributed by atoms with Gasteiger partial charge in [0.1, 0.15) is 0 Å². The quantitative estimate of drug-likeness (QED) is 0.218. The van der Waals surface area contributed by atoms with Gasteiger partial charge in [0.15, 0.2) is 0 Å². The molecule has 2 unspecified atom stereocenters. The van der Waals surface area contributed by atoms with Crippen molar-refractivity contribution in [2.75, 3.05) is 5.32 Å². The van der Waals surface area contributed by atoms with Crippen LogP contribution in [0.4, 0.5) is 5.69 Å². The lowest BCUT2D eigenvalue weighted by Crippen LogP contribution is -2.28. The number of aliphatic imine (C=N–C) groups is 1. The van der Waals surface area contributed by atoms with Crippen LogP contribution >= 0.6 is 0 Å². The maximum atomic E-state index is 5.53. The van der Waals surface area contributed by atoms with Gasteiger partial charge >= 0.3 is 0 Å². The van der Waals surface area contributed by atoms with Crippen LogP contribution in [0.15, 0.2) is 157 Å². The minimum atomic E-state index is -0.293. The van der Waals surface area contributed by atoms with Gasteiger partial charge in [-0.2, -0.15) is 0 Å². The average molecular weight is 591 g/mol. The first-order chi connectivity index (χ1) is 22.8. The molecule has 4 nitrogen and oxygen atoms in total. The highest BCUT2D eigenvalue weighted by molar-refractivity contribution is 6.27. The Morgan fingerprint density at radius 2 is 1.30 bits per heavy atom. The van der Waals surface area contributed by atoms with Crippen LogP contribution in [-0.4, -0.2) is 14.8 Å². The zero-order chi connectivity index (χ0) is 30.2. The number of benzene rings is 6. The Morgan fingerprint density at radius 3 is 2.17 bits per heavy atom. The van der Waals surface area contributed by atoms with Gasteiger partial charge in [0, 0.05) is 49.8 Å². The second kappa shape index (κ2) is 9.82. The zero-order valence-corrected chi connectivity index (χ0v) is 25.1. The number of nitrogens with one attached hydrogen (secondary N) is 1. The fraction of sp³-hybridized carbons (Fsp3) is 0.0714.